The van der Waals surface area contributed by atoms with Gasteiger partial charge in [0.1, 0.15) is 0 Å². The molecule has 0 amide bonds. The van der Waals surface area contributed by atoms with Crippen LogP contribution in [-0.2, 0) is 15.6 Å². The molecule has 1 atom stereocenters. The molecule has 0 fully saturated rings. The summed E-state index contributed by atoms with van der Waals surface area (Å²) in [6.07, 6.45) is 2.50. The molecule has 0 radical (unpaired) electrons. The number of sulfone groups is 1. The molecule has 0 saturated carbocycles. The van der Waals surface area contributed by atoms with E-state index in [9.17, 15) is 8.42 Å². The van der Waals surface area contributed by atoms with Crippen LogP contribution < -0.4 is 5.73 Å². The third-order valence-corrected chi connectivity index (χ3v) is 5.06. The van der Waals surface area contributed by atoms with E-state index in [1.807, 2.05) is 27.7 Å². The van der Waals surface area contributed by atoms with E-state index < -0.39 is 9.84 Å². The lowest BCUT2D eigenvalue weighted by molar-refractivity contribution is 0.563. The summed E-state index contributed by atoms with van der Waals surface area (Å²) in [6.45, 7) is 7.63. The molecule has 0 aliphatic rings. The predicted molar refractivity (Wildman–Crippen MR) is 75.1 cm³/mol. The van der Waals surface area contributed by atoms with Crippen LogP contribution in [-0.4, -0.2) is 19.2 Å². The molecule has 0 aliphatic heterocycles. The summed E-state index contributed by atoms with van der Waals surface area (Å²) >= 11 is 0. The van der Waals surface area contributed by atoms with E-state index in [1.54, 1.807) is 6.20 Å². The fourth-order valence-corrected chi connectivity index (χ4v) is 3.68. The van der Waals surface area contributed by atoms with Gasteiger partial charge in [0.05, 0.1) is 17.2 Å². The van der Waals surface area contributed by atoms with Crippen molar-refractivity contribution >= 4 is 15.5 Å². The molecular formula is C13H22N2O2S. The van der Waals surface area contributed by atoms with Crippen molar-refractivity contribution in [2.24, 2.45) is 5.92 Å². The lowest BCUT2D eigenvalue weighted by atomic mass is 10.1. The first-order valence-electron chi connectivity index (χ1n) is 6.17. The Labute approximate surface area is 110 Å². The summed E-state index contributed by atoms with van der Waals surface area (Å²) in [5.74, 6) is 0.365. The molecule has 5 heteroatoms. The smallest absolute Gasteiger partial charge is 0.156 e. The predicted octanol–water partition coefficient (Wildman–Crippen LogP) is 2.24. The van der Waals surface area contributed by atoms with Gasteiger partial charge >= 0.3 is 0 Å². The van der Waals surface area contributed by atoms with Crippen molar-refractivity contribution < 1.29 is 8.42 Å². The second kappa shape index (κ2) is 5.69. The van der Waals surface area contributed by atoms with Crippen molar-refractivity contribution in [2.45, 2.75) is 39.9 Å². The van der Waals surface area contributed by atoms with Crippen molar-refractivity contribution in [3.05, 3.63) is 23.0 Å². The third-order valence-electron chi connectivity index (χ3n) is 3.27. The highest BCUT2D eigenvalue weighted by Crippen LogP contribution is 2.20. The first-order chi connectivity index (χ1) is 8.26. The molecule has 0 saturated heterocycles. The van der Waals surface area contributed by atoms with Crippen molar-refractivity contribution in [3.63, 3.8) is 0 Å². The zero-order valence-electron chi connectivity index (χ0n) is 11.5. The largest absolute Gasteiger partial charge is 0.398 e. The highest BCUT2D eigenvalue weighted by atomic mass is 32.2. The molecule has 4 nitrogen and oxygen atoms in total. The average molecular weight is 270 g/mol. The van der Waals surface area contributed by atoms with Crippen LogP contribution in [0.5, 0.6) is 0 Å². The summed E-state index contributed by atoms with van der Waals surface area (Å²) in [5, 5.41) is 0. The van der Waals surface area contributed by atoms with E-state index >= 15 is 0 Å². The van der Waals surface area contributed by atoms with Gasteiger partial charge in [-0.15, -0.1) is 0 Å². The number of pyridine rings is 1. The summed E-state index contributed by atoms with van der Waals surface area (Å²) < 4.78 is 24.1. The maximum absolute atomic E-state index is 12.0. The number of nitrogen functional groups attached to an aromatic ring is 1. The van der Waals surface area contributed by atoms with Crippen LogP contribution in [0.4, 0.5) is 5.69 Å². The summed E-state index contributed by atoms with van der Waals surface area (Å²) in [4.78, 5) is 4.20. The molecule has 1 heterocycles. The van der Waals surface area contributed by atoms with Crippen LogP contribution in [0.3, 0.4) is 0 Å². The Morgan fingerprint density at radius 2 is 2.00 bits per heavy atom. The van der Waals surface area contributed by atoms with Crippen molar-refractivity contribution in [1.82, 2.24) is 4.98 Å². The standard InChI is InChI=1S/C13H22N2O2S/c1-5-9(2)7-18(16,17)8-12-11(4)13(14)10(3)6-15-12/h6,9H,5,7-8H2,1-4H3,(H2,14,15). The third kappa shape index (κ3) is 3.70. The topological polar surface area (TPSA) is 73.0 Å². The number of nitrogens with zero attached hydrogens (tertiary/aromatic N) is 1. The molecule has 1 rings (SSSR count). The second-order valence-electron chi connectivity index (χ2n) is 4.99. The Morgan fingerprint density at radius 3 is 2.56 bits per heavy atom. The Bertz CT molecular complexity index is 524. The number of aryl methyl sites for hydroxylation is 1. The maximum atomic E-state index is 12.0. The Morgan fingerprint density at radius 1 is 1.39 bits per heavy atom. The van der Waals surface area contributed by atoms with E-state index in [4.69, 9.17) is 5.73 Å². The fourth-order valence-electron chi connectivity index (χ4n) is 1.76. The quantitative estimate of drug-likeness (QED) is 0.890. The van der Waals surface area contributed by atoms with Gasteiger partial charge in [0.2, 0.25) is 0 Å². The second-order valence-corrected chi connectivity index (χ2v) is 7.10. The summed E-state index contributed by atoms with van der Waals surface area (Å²) in [7, 11) is -3.12. The number of hydrogen-bond acceptors (Lipinski definition) is 4. The van der Waals surface area contributed by atoms with Crippen LogP contribution >= 0.6 is 0 Å². The summed E-state index contributed by atoms with van der Waals surface area (Å²) in [6, 6.07) is 0. The first kappa shape index (κ1) is 15.0. The van der Waals surface area contributed by atoms with E-state index in [1.165, 1.54) is 0 Å². The molecule has 1 unspecified atom stereocenters. The highest BCUT2D eigenvalue weighted by Gasteiger charge is 2.18. The molecule has 0 spiro atoms. The number of anilines is 1. The van der Waals surface area contributed by atoms with Crippen LogP contribution in [0, 0.1) is 19.8 Å². The van der Waals surface area contributed by atoms with Gasteiger partial charge in [0, 0.05) is 11.9 Å². The van der Waals surface area contributed by atoms with E-state index in [0.29, 0.717) is 11.4 Å². The van der Waals surface area contributed by atoms with Gasteiger partial charge in [0.15, 0.2) is 9.84 Å². The number of aromatic nitrogens is 1. The molecule has 0 bridgehead atoms. The first-order valence-corrected chi connectivity index (χ1v) is 8.00. The van der Waals surface area contributed by atoms with Gasteiger partial charge in [-0.3, -0.25) is 4.98 Å². The minimum atomic E-state index is -3.12. The van der Waals surface area contributed by atoms with Gasteiger partial charge in [0.25, 0.3) is 0 Å². The SMILES string of the molecule is CCC(C)CS(=O)(=O)Cc1ncc(C)c(N)c1C. The fraction of sp³-hybridized carbons (Fsp3) is 0.615. The van der Waals surface area contributed by atoms with Gasteiger partial charge in [-0.05, 0) is 30.9 Å². The normalized spacial score (nSPS) is 13.6. The minimum absolute atomic E-state index is 0.0202. The van der Waals surface area contributed by atoms with Gasteiger partial charge in [-0.1, -0.05) is 20.3 Å². The van der Waals surface area contributed by atoms with Gasteiger partial charge in [-0.25, -0.2) is 8.42 Å². The van der Waals surface area contributed by atoms with Crippen molar-refractivity contribution in [1.29, 1.82) is 0 Å². The maximum Gasteiger partial charge on any atom is 0.156 e. The van der Waals surface area contributed by atoms with Crippen molar-refractivity contribution in [2.75, 3.05) is 11.5 Å². The van der Waals surface area contributed by atoms with Crippen molar-refractivity contribution in [3.8, 4) is 0 Å². The molecule has 2 N–H and O–H groups in total. The monoisotopic (exact) mass is 270 g/mol. The Hall–Kier alpha value is -1.10. The minimum Gasteiger partial charge on any atom is -0.398 e. The molecule has 1 aromatic rings. The summed E-state index contributed by atoms with van der Waals surface area (Å²) in [5.41, 5.74) is 8.77. The molecule has 0 aromatic carbocycles. The molecule has 102 valence electrons. The van der Waals surface area contributed by atoms with E-state index in [-0.39, 0.29) is 17.4 Å². The number of nitrogens with two attached hydrogens (primary N) is 1. The number of hydrogen-bond donors (Lipinski definition) is 1. The lowest BCUT2D eigenvalue weighted by Gasteiger charge is -2.12. The number of rotatable bonds is 5. The van der Waals surface area contributed by atoms with Crippen LogP contribution in [0.15, 0.2) is 6.20 Å². The zero-order valence-corrected chi connectivity index (χ0v) is 12.3. The molecular weight excluding hydrogens is 248 g/mol. The van der Waals surface area contributed by atoms with Gasteiger partial charge in [-0.2, -0.15) is 0 Å². The van der Waals surface area contributed by atoms with Crippen LogP contribution in [0.25, 0.3) is 0 Å². The van der Waals surface area contributed by atoms with E-state index in [2.05, 4.69) is 4.98 Å². The highest BCUT2D eigenvalue weighted by molar-refractivity contribution is 7.90. The van der Waals surface area contributed by atoms with E-state index in [0.717, 1.165) is 17.5 Å². The van der Waals surface area contributed by atoms with Crippen LogP contribution in [0.2, 0.25) is 0 Å². The Balaban J connectivity index is 2.95. The molecule has 1 aromatic heterocycles. The molecule has 18 heavy (non-hydrogen) atoms. The zero-order chi connectivity index (χ0) is 13.9. The Kier molecular flexibility index (Phi) is 4.73. The van der Waals surface area contributed by atoms with Gasteiger partial charge < -0.3 is 5.73 Å². The van der Waals surface area contributed by atoms with Crippen LogP contribution in [0.1, 0.15) is 37.1 Å². The average Bonchev–Trinajstić information content (AvgIpc) is 2.29. The molecule has 0 aliphatic carbocycles. The lowest BCUT2D eigenvalue weighted by Crippen LogP contribution is -2.17.